The smallest absolute Gasteiger partial charge is 0.257 e. The minimum absolute atomic E-state index is 0.0159. The summed E-state index contributed by atoms with van der Waals surface area (Å²) in [5, 5.41) is 31.9. The Kier molecular flexibility index (Phi) is 25.3. The van der Waals surface area contributed by atoms with E-state index in [0.29, 0.717) is 54.8 Å². The molecule has 8 aromatic heterocycles. The molecule has 0 bridgehead atoms. The lowest BCUT2D eigenvalue weighted by Gasteiger charge is -2.15. The van der Waals surface area contributed by atoms with Gasteiger partial charge in [0, 0.05) is 159 Å². The molecule has 0 fully saturated rings. The molecule has 656 valence electrons. The molecule has 4 aliphatic rings. The van der Waals surface area contributed by atoms with Crippen LogP contribution in [0.4, 0.5) is 0 Å². The van der Waals surface area contributed by atoms with Crippen molar-refractivity contribution >= 4 is 92.5 Å². The first-order valence-corrected chi connectivity index (χ1v) is 43.7. The Labute approximate surface area is 774 Å². The first kappa shape index (κ1) is 88.6. The van der Waals surface area contributed by atoms with Gasteiger partial charge < -0.3 is 27.5 Å². The molecule has 0 aliphatic carbocycles. The molecule has 0 saturated heterocycles. The van der Waals surface area contributed by atoms with Gasteiger partial charge in [0.25, 0.3) is 5.89 Å². The van der Waals surface area contributed by atoms with Gasteiger partial charge in [-0.1, -0.05) is 169 Å². The van der Waals surface area contributed by atoms with E-state index in [1.807, 2.05) is 201 Å². The molecule has 4 atom stereocenters. The van der Waals surface area contributed by atoms with E-state index < -0.39 is 24.2 Å². The van der Waals surface area contributed by atoms with Gasteiger partial charge in [-0.2, -0.15) is 15.2 Å². The van der Waals surface area contributed by atoms with Crippen LogP contribution in [0.5, 0.6) is 0 Å². The minimum Gasteiger partial charge on any atom is -0.358 e. The molecular weight excluding hydrogens is 1740 g/mol. The Balaban J connectivity index is 0.000000122. The fourth-order valence-corrected chi connectivity index (χ4v) is 17.2. The lowest BCUT2D eigenvalue weighted by molar-refractivity contribution is -0.129. The highest BCUT2D eigenvalue weighted by Gasteiger charge is 2.38. The van der Waals surface area contributed by atoms with E-state index >= 15 is 0 Å². The fraction of sp³-hybridized carbons (Fsp3) is 0.206. The van der Waals surface area contributed by atoms with Crippen LogP contribution in [-0.4, -0.2) is 120 Å². The van der Waals surface area contributed by atoms with Crippen LogP contribution in [-0.2, 0) is 33.3 Å². The zero-order valence-corrected chi connectivity index (χ0v) is 76.7. The summed E-state index contributed by atoms with van der Waals surface area (Å²) in [6.45, 7) is 16.1. The van der Waals surface area contributed by atoms with Gasteiger partial charge in [-0.05, 0) is 186 Å². The number of hydrogen-bond acceptors (Lipinski definition) is 22. The highest BCUT2D eigenvalue weighted by atomic mass is 35.5. The van der Waals surface area contributed by atoms with Crippen molar-refractivity contribution in [3.05, 3.63) is 335 Å². The van der Waals surface area contributed by atoms with Crippen LogP contribution in [0.1, 0.15) is 172 Å². The van der Waals surface area contributed by atoms with Crippen molar-refractivity contribution < 1.29 is 41.8 Å². The monoisotopic (exact) mass is 1820 g/mol. The van der Waals surface area contributed by atoms with Crippen LogP contribution < -0.4 is 0 Å². The first-order valence-electron chi connectivity index (χ1n) is 42.2. The van der Waals surface area contributed by atoms with Crippen molar-refractivity contribution in [3.63, 3.8) is 0 Å². The molecular formula is C102H86Cl4N16O9. The van der Waals surface area contributed by atoms with Crippen molar-refractivity contribution in [1.82, 2.24) is 60.2 Å². The SMILES string of the molecule is CC(=O)CC1N=C(c2ccc(Cl)cc2)c2cc(-c3ccc(C)nc3)ccc2-c2c(C)noc21.CC(=O)CC1N=C(c2ccc(Cl)cc2)c2cc(-c3cnn(C)c3)ccc2-c2c(C)noc21.CC(=O)CC1N=C(c2ccc(Cl)cc2)c2cc(-c3nc(C)no3)ccc2-c2c(C)noc21.Cc1noc2c1-c1ccc(-c3cnn(C)c3)cc1C(c1ccc(Cl)cc1)=NC2CC(=O)N(C)C. The van der Waals surface area contributed by atoms with E-state index in [9.17, 15) is 19.2 Å². The molecule has 131 heavy (non-hydrogen) atoms. The van der Waals surface area contributed by atoms with E-state index in [1.54, 1.807) is 56.1 Å². The zero-order chi connectivity index (χ0) is 91.9. The van der Waals surface area contributed by atoms with Crippen LogP contribution in [0.15, 0.2) is 256 Å². The molecule has 25 nitrogen and oxygen atoms in total. The third-order valence-electron chi connectivity index (χ3n) is 23.0. The summed E-state index contributed by atoms with van der Waals surface area (Å²) in [5.41, 5.74) is 28.7. The number of rotatable bonds is 16. The van der Waals surface area contributed by atoms with Gasteiger partial charge in [-0.25, -0.2) is 0 Å². The maximum absolute atomic E-state index is 12.7. The molecule has 0 spiro atoms. The Morgan fingerprint density at radius 2 is 0.626 bits per heavy atom. The number of halogens is 4. The molecule has 12 heterocycles. The molecule has 0 saturated carbocycles. The standard InChI is InChI=1S/C27H22ClN3O2.C26H24ClN5O2.C25H21ClN4O2.C24H19ClN4O3/c1-15-4-5-20(14-29-15)19-8-11-22-23(13-19)26(18-6-9-21(28)10-7-18)30-24(12-16(2)32)27-25(22)17(3)31-33-27;1-15-24-20-10-7-17(18-13-28-32(4)14-18)11-21(20)25(16-5-8-19(27)9-6-16)29-22(26(24)34-30-15)12-23(33)31(2)3;1-14(31)10-22-25-23(15(2)29-32-25)20-9-6-17(18-12-27-30(3)13-18)11-21(20)24(28-22)16-4-7-19(26)8-5-16;1-12(30)10-20-23-21(13(2)28-31-23)18-9-6-16(24-26-14(3)29-32-24)11-19(18)22(27-20)15-4-7-17(25)8-5-15/h4-11,13-14,24H,12H2,1-3H3;5-11,13-14,22H,12H2,1-4H3;4-9,11-13,22H,10H2,1-3H3;4-9,11,20H,10H2,1-3H3. The number of carbonyl (C=O) groups excluding carboxylic acids is 4. The van der Waals surface area contributed by atoms with Crippen LogP contribution >= 0.6 is 46.4 Å². The normalized spacial score (nSPS) is 14.9. The van der Waals surface area contributed by atoms with E-state index in [4.69, 9.17) is 89.0 Å². The Bertz CT molecular complexity index is 7040. The van der Waals surface area contributed by atoms with Crippen molar-refractivity contribution in [2.75, 3.05) is 14.1 Å². The maximum Gasteiger partial charge on any atom is 0.257 e. The van der Waals surface area contributed by atoms with Gasteiger partial charge in [0.15, 0.2) is 28.9 Å². The number of hydrogen-bond donors (Lipinski definition) is 0. The summed E-state index contributed by atoms with van der Waals surface area (Å²) in [6, 6.07) is 57.1. The first-order chi connectivity index (χ1) is 63.0. The predicted molar refractivity (Wildman–Crippen MR) is 506 cm³/mol. The summed E-state index contributed by atoms with van der Waals surface area (Å²) in [5.74, 6) is 3.47. The number of carbonyl (C=O) groups is 4. The molecule has 1 amide bonds. The number of benzene rings is 8. The summed E-state index contributed by atoms with van der Waals surface area (Å²) < 4.78 is 31.8. The average Bonchev–Trinajstić information content (AvgIpc) is 1.60. The number of fused-ring (bicyclic) bond motifs is 12. The molecule has 4 aliphatic heterocycles. The van der Waals surface area contributed by atoms with Crippen LogP contribution in [0.2, 0.25) is 20.1 Å². The zero-order valence-electron chi connectivity index (χ0n) is 73.7. The highest BCUT2D eigenvalue weighted by molar-refractivity contribution is 6.32. The molecule has 16 aromatic rings. The van der Waals surface area contributed by atoms with Gasteiger partial charge in [-0.3, -0.25) is 53.5 Å². The largest absolute Gasteiger partial charge is 0.358 e. The van der Waals surface area contributed by atoms with Gasteiger partial charge in [0.2, 0.25) is 5.91 Å². The van der Waals surface area contributed by atoms with Crippen LogP contribution in [0.25, 0.3) is 89.3 Å². The number of amides is 1. The number of pyridine rings is 1. The van der Waals surface area contributed by atoms with Crippen molar-refractivity contribution in [2.45, 2.75) is 112 Å². The number of Topliss-reactive ketones (excluding diaryl/α,β-unsaturated/α-hetero) is 3. The number of nitrogens with zero attached hydrogens (tertiary/aromatic N) is 16. The van der Waals surface area contributed by atoms with Crippen molar-refractivity contribution in [2.24, 2.45) is 34.1 Å². The van der Waals surface area contributed by atoms with E-state index in [-0.39, 0.29) is 48.9 Å². The highest BCUT2D eigenvalue weighted by Crippen LogP contribution is 2.48. The average molecular weight is 1820 g/mol. The fourth-order valence-electron chi connectivity index (χ4n) is 16.7. The quantitative estimate of drug-likeness (QED) is 0.0867. The molecule has 29 heteroatoms. The second-order valence-corrected chi connectivity index (χ2v) is 34.7. The third kappa shape index (κ3) is 18.7. The molecule has 0 N–H and O–H groups in total. The lowest BCUT2D eigenvalue weighted by atomic mass is 9.90. The molecule has 0 radical (unpaired) electrons. The summed E-state index contributed by atoms with van der Waals surface area (Å²) in [6.07, 6.45) is 10.4. The third-order valence-corrected chi connectivity index (χ3v) is 24.0. The number of aryl methyl sites for hydroxylation is 8. The summed E-state index contributed by atoms with van der Waals surface area (Å²) >= 11 is 24.6. The van der Waals surface area contributed by atoms with Gasteiger partial charge in [-0.15, -0.1) is 0 Å². The molecule has 20 rings (SSSR count). The van der Waals surface area contributed by atoms with Crippen LogP contribution in [0.3, 0.4) is 0 Å². The Morgan fingerprint density at radius 1 is 0.336 bits per heavy atom. The topological polar surface area (TPSA) is 313 Å². The number of ketones is 3. The van der Waals surface area contributed by atoms with Crippen LogP contribution in [0, 0.1) is 41.5 Å². The second-order valence-electron chi connectivity index (χ2n) is 32.9. The van der Waals surface area contributed by atoms with Crippen molar-refractivity contribution in [1.29, 1.82) is 0 Å². The summed E-state index contributed by atoms with van der Waals surface area (Å²) in [7, 11) is 7.27. The minimum atomic E-state index is -0.508. The van der Waals surface area contributed by atoms with Gasteiger partial charge >= 0.3 is 0 Å². The number of aromatic nitrogens is 11. The predicted octanol–water partition coefficient (Wildman–Crippen LogP) is 22.7. The number of aliphatic imine (C=N–C) groups is 4. The molecule has 4 unspecified atom stereocenters. The maximum atomic E-state index is 12.7. The van der Waals surface area contributed by atoms with E-state index in [2.05, 4.69) is 107 Å². The van der Waals surface area contributed by atoms with E-state index in [1.165, 1.54) is 0 Å². The van der Waals surface area contributed by atoms with Crippen molar-refractivity contribution in [3.8, 4) is 89.3 Å². The second kappa shape index (κ2) is 37.4. The molecule has 8 aromatic carbocycles. The van der Waals surface area contributed by atoms with Gasteiger partial charge in [0.1, 0.15) is 41.5 Å². The van der Waals surface area contributed by atoms with E-state index in [0.717, 1.165) is 179 Å². The summed E-state index contributed by atoms with van der Waals surface area (Å²) in [4.78, 5) is 79.6. The lowest BCUT2D eigenvalue weighted by Crippen LogP contribution is -2.23. The van der Waals surface area contributed by atoms with Gasteiger partial charge in [0.05, 0.1) is 86.7 Å². The Morgan fingerprint density at radius 3 is 0.901 bits per heavy atom. The Hall–Kier alpha value is -14.4.